The van der Waals surface area contributed by atoms with Gasteiger partial charge in [0.25, 0.3) is 0 Å². The molecule has 2 aromatic rings. The third-order valence-electron chi connectivity index (χ3n) is 4.61. The largest absolute Gasteiger partial charge is 0.508 e. The minimum atomic E-state index is -0.568. The summed E-state index contributed by atoms with van der Waals surface area (Å²) in [4.78, 5) is 11.4. The van der Waals surface area contributed by atoms with E-state index in [1.807, 2.05) is 36.4 Å². The van der Waals surface area contributed by atoms with E-state index < -0.39 is 6.04 Å². The van der Waals surface area contributed by atoms with Crippen LogP contribution < -0.4 is 0 Å². The van der Waals surface area contributed by atoms with Crippen molar-refractivity contribution in [2.45, 2.75) is 64.3 Å². The Morgan fingerprint density at radius 2 is 1.56 bits per heavy atom. The van der Waals surface area contributed by atoms with Crippen LogP contribution in [-0.2, 0) is 6.42 Å². The molecule has 0 aliphatic carbocycles. The molecule has 134 valence electrons. The van der Waals surface area contributed by atoms with Gasteiger partial charge in [0.15, 0.2) is 0 Å². The molecule has 3 nitrogen and oxygen atoms in total. The molecule has 0 radical (unpaired) electrons. The summed E-state index contributed by atoms with van der Waals surface area (Å²) in [6.07, 6.45) is 9.77. The average molecular weight is 339 g/mol. The predicted molar refractivity (Wildman–Crippen MR) is 104 cm³/mol. The van der Waals surface area contributed by atoms with Crippen LogP contribution in [0.25, 0.3) is 0 Å². The first kappa shape index (κ1) is 19.2. The van der Waals surface area contributed by atoms with Gasteiger partial charge in [0.05, 0.1) is 0 Å². The van der Waals surface area contributed by atoms with E-state index in [0.717, 1.165) is 29.5 Å². The highest BCUT2D eigenvalue weighted by molar-refractivity contribution is 5.39. The molecule has 0 aliphatic heterocycles. The Morgan fingerprint density at radius 1 is 0.880 bits per heavy atom. The number of nitroso groups, excluding NO2 is 1. The Kier molecular flexibility index (Phi) is 8.17. The van der Waals surface area contributed by atoms with E-state index in [0.29, 0.717) is 0 Å². The van der Waals surface area contributed by atoms with Crippen molar-refractivity contribution >= 4 is 0 Å². The minimum Gasteiger partial charge on any atom is -0.508 e. The van der Waals surface area contributed by atoms with Crippen LogP contribution >= 0.6 is 0 Å². The van der Waals surface area contributed by atoms with Gasteiger partial charge in [-0.2, -0.15) is 0 Å². The monoisotopic (exact) mass is 339 g/mol. The van der Waals surface area contributed by atoms with Crippen molar-refractivity contribution in [1.82, 2.24) is 0 Å². The standard InChI is InChI=1S/C22H29NO2/c1-2-3-4-5-6-7-9-12-18-15-20(17-21(24)16-18)22(23-25)19-13-10-8-11-14-19/h8,10-11,13-17,22,24H,2-7,9,12H2,1H3. The highest BCUT2D eigenvalue weighted by atomic mass is 16.3. The van der Waals surface area contributed by atoms with Gasteiger partial charge in [-0.05, 0) is 41.7 Å². The van der Waals surface area contributed by atoms with Crippen LogP contribution in [0.5, 0.6) is 5.75 Å². The second-order valence-electron chi connectivity index (χ2n) is 6.72. The number of unbranched alkanes of at least 4 members (excludes halogenated alkanes) is 6. The van der Waals surface area contributed by atoms with Gasteiger partial charge in [-0.15, -0.1) is 4.91 Å². The Balaban J connectivity index is 1.96. The zero-order valence-electron chi connectivity index (χ0n) is 15.2. The van der Waals surface area contributed by atoms with Crippen LogP contribution in [0.3, 0.4) is 0 Å². The van der Waals surface area contributed by atoms with Gasteiger partial charge >= 0.3 is 0 Å². The number of aromatic hydroxyl groups is 1. The van der Waals surface area contributed by atoms with Crippen molar-refractivity contribution in [3.8, 4) is 5.75 Å². The lowest BCUT2D eigenvalue weighted by atomic mass is 9.95. The number of aryl methyl sites for hydroxylation is 1. The predicted octanol–water partition coefficient (Wildman–Crippen LogP) is 6.54. The van der Waals surface area contributed by atoms with E-state index in [2.05, 4.69) is 12.1 Å². The number of phenolic OH excluding ortho intramolecular Hbond substituents is 1. The summed E-state index contributed by atoms with van der Waals surface area (Å²) in [5.74, 6) is 0.208. The van der Waals surface area contributed by atoms with E-state index in [4.69, 9.17) is 0 Å². The maximum Gasteiger partial charge on any atom is 0.142 e. The Morgan fingerprint density at radius 3 is 2.24 bits per heavy atom. The molecule has 25 heavy (non-hydrogen) atoms. The summed E-state index contributed by atoms with van der Waals surface area (Å²) in [5.41, 5.74) is 2.69. The number of phenols is 1. The summed E-state index contributed by atoms with van der Waals surface area (Å²) in [5, 5.41) is 13.3. The molecule has 1 atom stereocenters. The van der Waals surface area contributed by atoms with Crippen LogP contribution in [0.15, 0.2) is 53.7 Å². The van der Waals surface area contributed by atoms with Gasteiger partial charge in [-0.3, -0.25) is 0 Å². The maximum absolute atomic E-state index is 11.4. The van der Waals surface area contributed by atoms with Gasteiger partial charge in [-0.25, -0.2) is 0 Å². The SMILES string of the molecule is CCCCCCCCCc1cc(O)cc(C(N=O)c2ccccc2)c1. The number of nitrogens with zero attached hydrogens (tertiary/aromatic N) is 1. The van der Waals surface area contributed by atoms with Gasteiger partial charge in [0.1, 0.15) is 11.8 Å². The lowest BCUT2D eigenvalue weighted by Crippen LogP contribution is -1.99. The van der Waals surface area contributed by atoms with Gasteiger partial charge in [-0.1, -0.05) is 87.0 Å². The maximum atomic E-state index is 11.4. The lowest BCUT2D eigenvalue weighted by Gasteiger charge is -2.12. The second-order valence-corrected chi connectivity index (χ2v) is 6.72. The van der Waals surface area contributed by atoms with Crippen molar-refractivity contribution in [3.05, 3.63) is 70.1 Å². The molecule has 1 unspecified atom stereocenters. The summed E-state index contributed by atoms with van der Waals surface area (Å²) in [6.45, 7) is 2.23. The van der Waals surface area contributed by atoms with Crippen molar-refractivity contribution in [3.63, 3.8) is 0 Å². The summed E-state index contributed by atoms with van der Waals surface area (Å²) in [7, 11) is 0. The molecule has 2 rings (SSSR count). The number of hydrogen-bond donors (Lipinski definition) is 1. The molecular formula is C22H29NO2. The van der Waals surface area contributed by atoms with E-state index in [1.165, 1.54) is 38.5 Å². The third-order valence-corrected chi connectivity index (χ3v) is 4.61. The van der Waals surface area contributed by atoms with Crippen LogP contribution in [0.1, 0.15) is 74.6 Å². The molecule has 0 saturated heterocycles. The van der Waals surface area contributed by atoms with Gasteiger partial charge in [0, 0.05) is 0 Å². The number of hydrogen-bond acceptors (Lipinski definition) is 3. The van der Waals surface area contributed by atoms with E-state index in [9.17, 15) is 10.0 Å². The van der Waals surface area contributed by atoms with Crippen molar-refractivity contribution < 1.29 is 5.11 Å². The molecule has 0 heterocycles. The molecule has 0 fully saturated rings. The highest BCUT2D eigenvalue weighted by Gasteiger charge is 2.16. The zero-order valence-corrected chi connectivity index (χ0v) is 15.2. The summed E-state index contributed by atoms with van der Waals surface area (Å²) < 4.78 is 0. The molecule has 2 aromatic carbocycles. The van der Waals surface area contributed by atoms with E-state index in [-0.39, 0.29) is 5.75 Å². The molecule has 3 heteroatoms. The summed E-state index contributed by atoms with van der Waals surface area (Å²) in [6, 6.07) is 14.4. The highest BCUT2D eigenvalue weighted by Crippen LogP contribution is 2.30. The van der Waals surface area contributed by atoms with E-state index >= 15 is 0 Å². The number of rotatable bonds is 11. The molecule has 0 aromatic heterocycles. The third kappa shape index (κ3) is 6.33. The van der Waals surface area contributed by atoms with Crippen LogP contribution in [-0.4, -0.2) is 5.11 Å². The Hall–Kier alpha value is -2.16. The minimum absolute atomic E-state index is 0.208. The first-order valence-electron chi connectivity index (χ1n) is 9.45. The first-order chi connectivity index (χ1) is 12.2. The topological polar surface area (TPSA) is 49.7 Å². The average Bonchev–Trinajstić information content (AvgIpc) is 2.62. The van der Waals surface area contributed by atoms with Gasteiger partial charge in [0.2, 0.25) is 0 Å². The molecule has 0 amide bonds. The molecule has 0 spiro atoms. The lowest BCUT2D eigenvalue weighted by molar-refractivity contribution is 0.473. The molecule has 0 saturated carbocycles. The molecule has 0 bridgehead atoms. The fraction of sp³-hybridized carbons (Fsp3) is 0.455. The Labute approximate surface area is 151 Å². The second kappa shape index (κ2) is 10.7. The van der Waals surface area contributed by atoms with Crippen LogP contribution in [0.2, 0.25) is 0 Å². The Bertz CT molecular complexity index is 640. The quantitative estimate of drug-likeness (QED) is 0.373. The fourth-order valence-corrected chi connectivity index (χ4v) is 3.24. The van der Waals surface area contributed by atoms with Gasteiger partial charge < -0.3 is 5.11 Å². The normalized spacial score (nSPS) is 12.0. The first-order valence-corrected chi connectivity index (χ1v) is 9.45. The number of benzene rings is 2. The van der Waals surface area contributed by atoms with Crippen LogP contribution in [0.4, 0.5) is 0 Å². The van der Waals surface area contributed by atoms with Crippen molar-refractivity contribution in [1.29, 1.82) is 0 Å². The zero-order chi connectivity index (χ0) is 17.9. The fourth-order valence-electron chi connectivity index (χ4n) is 3.24. The van der Waals surface area contributed by atoms with E-state index in [1.54, 1.807) is 12.1 Å². The van der Waals surface area contributed by atoms with Crippen molar-refractivity contribution in [2.75, 3.05) is 0 Å². The van der Waals surface area contributed by atoms with Crippen molar-refractivity contribution in [2.24, 2.45) is 5.18 Å². The molecular weight excluding hydrogens is 310 g/mol. The smallest absolute Gasteiger partial charge is 0.142 e. The molecule has 0 aliphatic rings. The summed E-state index contributed by atoms with van der Waals surface area (Å²) >= 11 is 0. The molecule has 1 N–H and O–H groups in total. The van der Waals surface area contributed by atoms with Crippen LogP contribution in [0, 0.1) is 4.91 Å².